The molecule has 0 unspecified atom stereocenters. The Morgan fingerprint density at radius 3 is 2.39 bits per heavy atom. The maximum atomic E-state index is 5.98. The summed E-state index contributed by atoms with van der Waals surface area (Å²) < 4.78 is 5.52. The fraction of sp³-hybridized carbons (Fsp3) is 0.167. The van der Waals surface area contributed by atoms with Crippen molar-refractivity contribution in [1.82, 2.24) is 9.97 Å². The number of aryl methyl sites for hydroxylation is 1. The first kappa shape index (κ1) is 13.4. The minimum absolute atomic E-state index is 0.158. The normalized spacial score (nSPS) is 10.4. The standard InChI is InChI=1S/C12H9Cl3N2O/c1-7-5-10(15)17-11(16-7)6-18-12-8(13)3-2-4-9(12)14/h2-5H,6H2,1H3. The predicted molar refractivity (Wildman–Crippen MR) is 72.6 cm³/mol. The van der Waals surface area contributed by atoms with E-state index in [2.05, 4.69) is 9.97 Å². The van der Waals surface area contributed by atoms with Gasteiger partial charge in [0.25, 0.3) is 0 Å². The smallest absolute Gasteiger partial charge is 0.167 e. The molecule has 6 heteroatoms. The minimum Gasteiger partial charge on any atom is -0.482 e. The van der Waals surface area contributed by atoms with Gasteiger partial charge < -0.3 is 4.74 Å². The summed E-state index contributed by atoms with van der Waals surface area (Å²) >= 11 is 17.8. The lowest BCUT2D eigenvalue weighted by Gasteiger charge is -2.09. The fourth-order valence-electron chi connectivity index (χ4n) is 1.41. The van der Waals surface area contributed by atoms with Crippen molar-refractivity contribution >= 4 is 34.8 Å². The number of aromatic nitrogens is 2. The largest absolute Gasteiger partial charge is 0.482 e. The molecule has 94 valence electrons. The van der Waals surface area contributed by atoms with Crippen LogP contribution in [0.1, 0.15) is 11.5 Å². The predicted octanol–water partition coefficient (Wildman–Crippen LogP) is 4.32. The molecule has 0 saturated heterocycles. The SMILES string of the molecule is Cc1cc(Cl)nc(COc2c(Cl)cccc2Cl)n1. The molecule has 0 N–H and O–H groups in total. The molecule has 0 aliphatic rings. The van der Waals surface area contributed by atoms with Gasteiger partial charge in [-0.2, -0.15) is 0 Å². The number of para-hydroxylation sites is 1. The van der Waals surface area contributed by atoms with Crippen molar-refractivity contribution in [3.05, 3.63) is 51.0 Å². The number of halogens is 3. The summed E-state index contributed by atoms with van der Waals surface area (Å²) in [6.45, 7) is 1.99. The lowest BCUT2D eigenvalue weighted by Crippen LogP contribution is -2.03. The quantitative estimate of drug-likeness (QED) is 0.792. The number of nitrogens with zero attached hydrogens (tertiary/aromatic N) is 2. The average Bonchev–Trinajstić information content (AvgIpc) is 2.27. The van der Waals surface area contributed by atoms with E-state index >= 15 is 0 Å². The van der Waals surface area contributed by atoms with Gasteiger partial charge in [-0.3, -0.25) is 0 Å². The van der Waals surface area contributed by atoms with Crippen LogP contribution in [0.2, 0.25) is 15.2 Å². The third kappa shape index (κ3) is 3.25. The maximum Gasteiger partial charge on any atom is 0.167 e. The van der Waals surface area contributed by atoms with Gasteiger partial charge >= 0.3 is 0 Å². The highest BCUT2D eigenvalue weighted by Gasteiger charge is 2.08. The van der Waals surface area contributed by atoms with Crippen molar-refractivity contribution in [2.24, 2.45) is 0 Å². The Morgan fingerprint density at radius 2 is 1.78 bits per heavy atom. The van der Waals surface area contributed by atoms with E-state index in [-0.39, 0.29) is 6.61 Å². The molecule has 0 saturated carbocycles. The minimum atomic E-state index is 0.158. The number of ether oxygens (including phenoxy) is 1. The van der Waals surface area contributed by atoms with E-state index in [1.165, 1.54) is 0 Å². The van der Waals surface area contributed by atoms with E-state index in [0.717, 1.165) is 5.69 Å². The van der Waals surface area contributed by atoms with Crippen LogP contribution in [-0.2, 0) is 6.61 Å². The fourth-order valence-corrected chi connectivity index (χ4v) is 2.17. The Morgan fingerprint density at radius 1 is 1.11 bits per heavy atom. The lowest BCUT2D eigenvalue weighted by atomic mass is 10.3. The van der Waals surface area contributed by atoms with E-state index in [4.69, 9.17) is 39.5 Å². The summed E-state index contributed by atoms with van der Waals surface area (Å²) in [6, 6.07) is 6.82. The molecule has 1 heterocycles. The van der Waals surface area contributed by atoms with Gasteiger partial charge in [-0.05, 0) is 25.1 Å². The molecule has 0 radical (unpaired) electrons. The number of benzene rings is 1. The molecule has 0 bridgehead atoms. The number of hydrogen-bond donors (Lipinski definition) is 0. The van der Waals surface area contributed by atoms with Crippen LogP contribution in [0.3, 0.4) is 0 Å². The van der Waals surface area contributed by atoms with Crippen molar-refractivity contribution in [1.29, 1.82) is 0 Å². The van der Waals surface area contributed by atoms with Crippen molar-refractivity contribution in [2.45, 2.75) is 13.5 Å². The van der Waals surface area contributed by atoms with E-state index in [0.29, 0.717) is 26.8 Å². The molecule has 0 spiro atoms. The van der Waals surface area contributed by atoms with Crippen LogP contribution in [0, 0.1) is 6.92 Å². The zero-order valence-electron chi connectivity index (χ0n) is 9.45. The number of hydrogen-bond acceptors (Lipinski definition) is 3. The van der Waals surface area contributed by atoms with Crippen LogP contribution in [-0.4, -0.2) is 9.97 Å². The van der Waals surface area contributed by atoms with Crippen LogP contribution in [0.15, 0.2) is 24.3 Å². The summed E-state index contributed by atoms with van der Waals surface area (Å²) in [6.07, 6.45) is 0. The van der Waals surface area contributed by atoms with Gasteiger partial charge in [-0.25, -0.2) is 9.97 Å². The topological polar surface area (TPSA) is 35.0 Å². The van der Waals surface area contributed by atoms with Gasteiger partial charge in [0.1, 0.15) is 11.8 Å². The second-order valence-electron chi connectivity index (χ2n) is 3.59. The van der Waals surface area contributed by atoms with Gasteiger partial charge in [0, 0.05) is 5.69 Å². The first-order chi connectivity index (χ1) is 8.56. The third-order valence-electron chi connectivity index (χ3n) is 2.13. The molecule has 2 rings (SSSR count). The van der Waals surface area contributed by atoms with Crippen LogP contribution >= 0.6 is 34.8 Å². The molecule has 0 atom stereocenters. The Bertz CT molecular complexity index is 535. The van der Waals surface area contributed by atoms with Crippen molar-refractivity contribution in [2.75, 3.05) is 0 Å². The average molecular weight is 304 g/mol. The van der Waals surface area contributed by atoms with Crippen molar-refractivity contribution < 1.29 is 4.74 Å². The van der Waals surface area contributed by atoms with E-state index < -0.39 is 0 Å². The highest BCUT2D eigenvalue weighted by molar-refractivity contribution is 6.37. The van der Waals surface area contributed by atoms with E-state index in [1.807, 2.05) is 6.92 Å². The molecule has 0 aliphatic carbocycles. The van der Waals surface area contributed by atoms with Crippen LogP contribution in [0.4, 0.5) is 0 Å². The van der Waals surface area contributed by atoms with Crippen molar-refractivity contribution in [3.63, 3.8) is 0 Å². The van der Waals surface area contributed by atoms with E-state index in [1.54, 1.807) is 24.3 Å². The van der Waals surface area contributed by atoms with Crippen molar-refractivity contribution in [3.8, 4) is 5.75 Å². The summed E-state index contributed by atoms with van der Waals surface area (Å²) in [5, 5.41) is 1.27. The number of rotatable bonds is 3. The third-order valence-corrected chi connectivity index (χ3v) is 2.92. The molecule has 1 aromatic carbocycles. The van der Waals surface area contributed by atoms with Gasteiger partial charge in [0.05, 0.1) is 10.0 Å². The zero-order valence-corrected chi connectivity index (χ0v) is 11.7. The first-order valence-electron chi connectivity index (χ1n) is 5.13. The van der Waals surface area contributed by atoms with Crippen LogP contribution < -0.4 is 4.74 Å². The van der Waals surface area contributed by atoms with Crippen LogP contribution in [0.5, 0.6) is 5.75 Å². The Labute approximate surface area is 120 Å². The zero-order chi connectivity index (χ0) is 13.1. The lowest BCUT2D eigenvalue weighted by molar-refractivity contribution is 0.296. The molecule has 2 aromatic rings. The summed E-state index contributed by atoms with van der Waals surface area (Å²) in [5.74, 6) is 0.901. The molecular formula is C12H9Cl3N2O. The van der Waals surface area contributed by atoms with E-state index in [9.17, 15) is 0 Å². The van der Waals surface area contributed by atoms with Gasteiger partial charge in [-0.15, -0.1) is 0 Å². The first-order valence-corrected chi connectivity index (χ1v) is 6.26. The maximum absolute atomic E-state index is 5.98. The Balaban J connectivity index is 2.16. The summed E-state index contributed by atoms with van der Waals surface area (Å²) in [4.78, 5) is 8.25. The molecular weight excluding hydrogens is 295 g/mol. The monoisotopic (exact) mass is 302 g/mol. The summed E-state index contributed by atoms with van der Waals surface area (Å²) in [5.41, 5.74) is 0.777. The molecule has 0 amide bonds. The Kier molecular flexibility index (Phi) is 4.27. The highest BCUT2D eigenvalue weighted by atomic mass is 35.5. The molecule has 0 fully saturated rings. The second kappa shape index (κ2) is 5.74. The second-order valence-corrected chi connectivity index (χ2v) is 4.79. The van der Waals surface area contributed by atoms with Gasteiger partial charge in [0.15, 0.2) is 11.6 Å². The molecule has 0 aliphatic heterocycles. The van der Waals surface area contributed by atoms with Crippen LogP contribution in [0.25, 0.3) is 0 Å². The van der Waals surface area contributed by atoms with Gasteiger partial charge in [0.2, 0.25) is 0 Å². The molecule has 18 heavy (non-hydrogen) atoms. The molecule has 3 nitrogen and oxygen atoms in total. The van der Waals surface area contributed by atoms with Gasteiger partial charge in [-0.1, -0.05) is 40.9 Å². The summed E-state index contributed by atoms with van der Waals surface area (Å²) in [7, 11) is 0. The Hall–Kier alpha value is -1.03. The molecule has 1 aromatic heterocycles. The highest BCUT2D eigenvalue weighted by Crippen LogP contribution is 2.32.